The van der Waals surface area contributed by atoms with Gasteiger partial charge < -0.3 is 9.47 Å². The van der Waals surface area contributed by atoms with Crippen molar-refractivity contribution in [2.24, 2.45) is 0 Å². The van der Waals surface area contributed by atoms with Crippen molar-refractivity contribution in [3.05, 3.63) is 41.7 Å². The zero-order valence-electron chi connectivity index (χ0n) is 11.2. The van der Waals surface area contributed by atoms with E-state index in [2.05, 4.69) is 4.98 Å². The van der Waals surface area contributed by atoms with Gasteiger partial charge in [0.2, 0.25) is 0 Å². The van der Waals surface area contributed by atoms with E-state index < -0.39 is 0 Å². The molecule has 0 saturated heterocycles. The maximum absolute atomic E-state index is 5.42. The number of hydrogen-bond donors (Lipinski definition) is 0. The first kappa shape index (κ1) is 12.4. The summed E-state index contributed by atoms with van der Waals surface area (Å²) in [6.45, 7) is 3.97. The average Bonchev–Trinajstić information content (AvgIpc) is 2.36. The molecule has 0 aliphatic heterocycles. The molecule has 0 amide bonds. The Hall–Kier alpha value is -2.03. The van der Waals surface area contributed by atoms with E-state index in [0.29, 0.717) is 0 Å². The van der Waals surface area contributed by atoms with E-state index in [4.69, 9.17) is 9.47 Å². The molecule has 94 valence electrons. The molecule has 0 bridgehead atoms. The Kier molecular flexibility index (Phi) is 3.51. The van der Waals surface area contributed by atoms with E-state index in [1.165, 1.54) is 0 Å². The van der Waals surface area contributed by atoms with Crippen molar-refractivity contribution in [1.29, 1.82) is 0 Å². The standard InChI is InChI=1S/C15H17NO2/c1-10-8-12(9-11(2)16-10)15-13(17-3)6-5-7-14(15)18-4/h5-9H,1-4H3. The van der Waals surface area contributed by atoms with Crippen LogP contribution in [0.5, 0.6) is 11.5 Å². The molecule has 2 aromatic rings. The summed E-state index contributed by atoms with van der Waals surface area (Å²) in [7, 11) is 3.33. The lowest BCUT2D eigenvalue weighted by molar-refractivity contribution is 0.397. The van der Waals surface area contributed by atoms with Gasteiger partial charge in [0.05, 0.1) is 19.8 Å². The summed E-state index contributed by atoms with van der Waals surface area (Å²) >= 11 is 0. The van der Waals surface area contributed by atoms with Crippen LogP contribution < -0.4 is 9.47 Å². The molecule has 0 saturated carbocycles. The second-order valence-corrected chi connectivity index (χ2v) is 4.18. The minimum Gasteiger partial charge on any atom is -0.496 e. The fourth-order valence-corrected chi connectivity index (χ4v) is 2.11. The second-order valence-electron chi connectivity index (χ2n) is 4.18. The molecule has 3 nitrogen and oxygen atoms in total. The fourth-order valence-electron chi connectivity index (χ4n) is 2.11. The smallest absolute Gasteiger partial charge is 0.130 e. The van der Waals surface area contributed by atoms with Crippen LogP contribution in [0.15, 0.2) is 30.3 Å². The third-order valence-electron chi connectivity index (χ3n) is 2.80. The minimum atomic E-state index is 0.805. The van der Waals surface area contributed by atoms with Gasteiger partial charge in [0.25, 0.3) is 0 Å². The molecular formula is C15H17NO2. The highest BCUT2D eigenvalue weighted by Crippen LogP contribution is 2.38. The third-order valence-corrected chi connectivity index (χ3v) is 2.80. The van der Waals surface area contributed by atoms with Crippen LogP contribution in [0.25, 0.3) is 11.1 Å². The van der Waals surface area contributed by atoms with Crippen LogP contribution in [0.2, 0.25) is 0 Å². The monoisotopic (exact) mass is 243 g/mol. The fraction of sp³-hybridized carbons (Fsp3) is 0.267. The molecule has 1 aromatic carbocycles. The topological polar surface area (TPSA) is 31.4 Å². The van der Waals surface area contributed by atoms with Gasteiger partial charge >= 0.3 is 0 Å². The second kappa shape index (κ2) is 5.08. The van der Waals surface area contributed by atoms with E-state index in [1.807, 2.05) is 44.2 Å². The van der Waals surface area contributed by atoms with E-state index in [-0.39, 0.29) is 0 Å². The average molecular weight is 243 g/mol. The van der Waals surface area contributed by atoms with Crippen LogP contribution >= 0.6 is 0 Å². The van der Waals surface area contributed by atoms with Crippen molar-refractivity contribution < 1.29 is 9.47 Å². The van der Waals surface area contributed by atoms with Gasteiger partial charge in [0.15, 0.2) is 0 Å². The summed E-state index contributed by atoms with van der Waals surface area (Å²) in [6.07, 6.45) is 0. The lowest BCUT2D eigenvalue weighted by Crippen LogP contribution is -1.95. The number of ether oxygens (including phenoxy) is 2. The van der Waals surface area contributed by atoms with Crippen LogP contribution in [0.3, 0.4) is 0 Å². The Morgan fingerprint density at radius 2 is 1.39 bits per heavy atom. The molecule has 0 atom stereocenters. The molecule has 18 heavy (non-hydrogen) atoms. The predicted octanol–water partition coefficient (Wildman–Crippen LogP) is 3.38. The summed E-state index contributed by atoms with van der Waals surface area (Å²) < 4.78 is 10.8. The number of pyridine rings is 1. The van der Waals surface area contributed by atoms with E-state index >= 15 is 0 Å². The first-order valence-electron chi connectivity index (χ1n) is 5.82. The highest BCUT2D eigenvalue weighted by Gasteiger charge is 2.12. The highest BCUT2D eigenvalue weighted by molar-refractivity contribution is 5.77. The van der Waals surface area contributed by atoms with Gasteiger partial charge in [-0.3, -0.25) is 4.98 Å². The zero-order chi connectivity index (χ0) is 13.1. The molecule has 0 unspecified atom stereocenters. The Labute approximate surface area is 107 Å². The molecule has 0 spiro atoms. The third kappa shape index (κ3) is 2.30. The molecular weight excluding hydrogens is 226 g/mol. The maximum atomic E-state index is 5.42. The molecule has 0 radical (unpaired) electrons. The van der Waals surface area contributed by atoms with Crippen LogP contribution in [0.4, 0.5) is 0 Å². The Bertz CT molecular complexity index is 522. The summed E-state index contributed by atoms with van der Waals surface area (Å²) in [5.74, 6) is 1.61. The van der Waals surface area contributed by atoms with Gasteiger partial charge in [-0.05, 0) is 43.7 Å². The van der Waals surface area contributed by atoms with E-state index in [0.717, 1.165) is 34.0 Å². The van der Waals surface area contributed by atoms with E-state index in [1.54, 1.807) is 14.2 Å². The van der Waals surface area contributed by atoms with Gasteiger partial charge in [0.1, 0.15) is 11.5 Å². The normalized spacial score (nSPS) is 10.2. The number of hydrogen-bond acceptors (Lipinski definition) is 3. The minimum absolute atomic E-state index is 0.805. The number of rotatable bonds is 3. The van der Waals surface area contributed by atoms with Gasteiger partial charge in [-0.2, -0.15) is 0 Å². The van der Waals surface area contributed by atoms with Gasteiger partial charge in [-0.1, -0.05) is 6.07 Å². The molecule has 0 aliphatic carbocycles. The van der Waals surface area contributed by atoms with Crippen molar-refractivity contribution in [3.63, 3.8) is 0 Å². The van der Waals surface area contributed by atoms with Crippen LogP contribution in [-0.4, -0.2) is 19.2 Å². The molecule has 3 heteroatoms. The first-order chi connectivity index (χ1) is 8.65. The maximum Gasteiger partial charge on any atom is 0.130 e. The van der Waals surface area contributed by atoms with Crippen molar-refractivity contribution in [2.75, 3.05) is 14.2 Å². The van der Waals surface area contributed by atoms with Crippen molar-refractivity contribution in [3.8, 4) is 22.6 Å². The number of aryl methyl sites for hydroxylation is 2. The summed E-state index contributed by atoms with van der Waals surface area (Å²) in [5, 5.41) is 0. The Morgan fingerprint density at radius 1 is 0.889 bits per heavy atom. The SMILES string of the molecule is COc1cccc(OC)c1-c1cc(C)nc(C)c1. The quantitative estimate of drug-likeness (QED) is 0.828. The molecule has 0 aliphatic rings. The van der Waals surface area contributed by atoms with Crippen LogP contribution in [-0.2, 0) is 0 Å². The van der Waals surface area contributed by atoms with Crippen LogP contribution in [0.1, 0.15) is 11.4 Å². The highest BCUT2D eigenvalue weighted by atomic mass is 16.5. The summed E-state index contributed by atoms with van der Waals surface area (Å²) in [4.78, 5) is 4.39. The molecule has 2 rings (SSSR count). The predicted molar refractivity (Wildman–Crippen MR) is 72.3 cm³/mol. The summed E-state index contributed by atoms with van der Waals surface area (Å²) in [5.41, 5.74) is 4.00. The van der Waals surface area contributed by atoms with Crippen molar-refractivity contribution in [1.82, 2.24) is 4.98 Å². The van der Waals surface area contributed by atoms with E-state index in [9.17, 15) is 0 Å². The zero-order valence-corrected chi connectivity index (χ0v) is 11.2. The molecule has 1 heterocycles. The molecule has 1 aromatic heterocycles. The largest absolute Gasteiger partial charge is 0.496 e. The number of methoxy groups -OCH3 is 2. The number of benzene rings is 1. The first-order valence-corrected chi connectivity index (χ1v) is 5.82. The van der Waals surface area contributed by atoms with Gasteiger partial charge in [0, 0.05) is 11.4 Å². The lowest BCUT2D eigenvalue weighted by atomic mass is 10.0. The van der Waals surface area contributed by atoms with Crippen LogP contribution in [0, 0.1) is 13.8 Å². The lowest BCUT2D eigenvalue weighted by Gasteiger charge is -2.14. The Morgan fingerprint density at radius 3 is 1.83 bits per heavy atom. The molecule has 0 fully saturated rings. The molecule has 0 N–H and O–H groups in total. The van der Waals surface area contributed by atoms with Crippen molar-refractivity contribution in [2.45, 2.75) is 13.8 Å². The number of aromatic nitrogens is 1. The van der Waals surface area contributed by atoms with Gasteiger partial charge in [-0.25, -0.2) is 0 Å². The number of nitrogens with zero attached hydrogens (tertiary/aromatic N) is 1. The van der Waals surface area contributed by atoms with Crippen molar-refractivity contribution >= 4 is 0 Å². The Balaban J connectivity index is 2.68. The van der Waals surface area contributed by atoms with Gasteiger partial charge in [-0.15, -0.1) is 0 Å². The summed E-state index contributed by atoms with van der Waals surface area (Å²) in [6, 6.07) is 9.86.